The molecule has 0 atom stereocenters. The van der Waals surface area contributed by atoms with Crippen molar-refractivity contribution in [1.29, 1.82) is 0 Å². The first-order chi connectivity index (χ1) is 13.1. The molecule has 4 nitrogen and oxygen atoms in total. The summed E-state index contributed by atoms with van der Waals surface area (Å²) in [7, 11) is 0. The summed E-state index contributed by atoms with van der Waals surface area (Å²) in [4.78, 5) is 22.4. The molecule has 0 aliphatic heterocycles. The van der Waals surface area contributed by atoms with Crippen LogP contribution in [0, 0.1) is 6.92 Å². The first kappa shape index (κ1) is 17.8. The highest BCUT2D eigenvalue weighted by Crippen LogP contribution is 2.33. The van der Waals surface area contributed by atoms with E-state index in [0.717, 1.165) is 42.2 Å². The SMILES string of the molecule is Cc1c(NC(=O)Cc2cccc(Br)c2)cccc1-c1nc2cccnc2s1. The summed E-state index contributed by atoms with van der Waals surface area (Å²) in [6.07, 6.45) is 2.10. The monoisotopic (exact) mass is 437 g/mol. The van der Waals surface area contributed by atoms with E-state index in [1.807, 2.05) is 61.5 Å². The lowest BCUT2D eigenvalue weighted by atomic mass is 10.1. The molecule has 0 bridgehead atoms. The number of thiazole rings is 1. The van der Waals surface area contributed by atoms with E-state index in [9.17, 15) is 4.79 Å². The minimum absolute atomic E-state index is 0.0423. The lowest BCUT2D eigenvalue weighted by Gasteiger charge is -2.11. The molecule has 27 heavy (non-hydrogen) atoms. The molecule has 0 fully saturated rings. The van der Waals surface area contributed by atoms with Crippen molar-refractivity contribution in [2.75, 3.05) is 5.32 Å². The first-order valence-corrected chi connectivity index (χ1v) is 10.1. The number of hydrogen-bond acceptors (Lipinski definition) is 4. The molecule has 4 aromatic rings. The highest BCUT2D eigenvalue weighted by Gasteiger charge is 2.13. The molecule has 2 aromatic carbocycles. The lowest BCUT2D eigenvalue weighted by Crippen LogP contribution is -2.15. The maximum atomic E-state index is 12.5. The van der Waals surface area contributed by atoms with Gasteiger partial charge in [-0.1, -0.05) is 51.5 Å². The van der Waals surface area contributed by atoms with Crippen LogP contribution in [0.15, 0.2) is 65.3 Å². The quantitative estimate of drug-likeness (QED) is 0.451. The normalized spacial score (nSPS) is 10.9. The van der Waals surface area contributed by atoms with Crippen LogP contribution in [-0.4, -0.2) is 15.9 Å². The standard InChI is InChI=1S/C21H16BrN3OS/c1-13-16(20-25-18-9-4-10-23-21(18)27-20)7-3-8-17(13)24-19(26)12-14-5-2-6-15(22)11-14/h2-11H,12H2,1H3,(H,24,26). The molecule has 2 aromatic heterocycles. The van der Waals surface area contributed by atoms with Crippen LogP contribution in [0.1, 0.15) is 11.1 Å². The maximum Gasteiger partial charge on any atom is 0.228 e. The average Bonchev–Trinajstić information content (AvgIpc) is 3.07. The zero-order valence-electron chi connectivity index (χ0n) is 14.6. The minimum Gasteiger partial charge on any atom is -0.326 e. The maximum absolute atomic E-state index is 12.5. The topological polar surface area (TPSA) is 54.9 Å². The van der Waals surface area contributed by atoms with Gasteiger partial charge in [0, 0.05) is 21.9 Å². The van der Waals surface area contributed by atoms with Gasteiger partial charge in [-0.2, -0.15) is 0 Å². The number of benzene rings is 2. The Hall–Kier alpha value is -2.57. The van der Waals surface area contributed by atoms with Gasteiger partial charge in [0.15, 0.2) is 0 Å². The molecule has 0 radical (unpaired) electrons. The Morgan fingerprint density at radius 2 is 2.00 bits per heavy atom. The van der Waals surface area contributed by atoms with E-state index in [2.05, 4.69) is 31.2 Å². The van der Waals surface area contributed by atoms with Crippen LogP contribution in [0.2, 0.25) is 0 Å². The van der Waals surface area contributed by atoms with Gasteiger partial charge in [0.05, 0.1) is 6.42 Å². The molecule has 0 saturated carbocycles. The molecule has 134 valence electrons. The summed E-state index contributed by atoms with van der Waals surface area (Å²) in [5.74, 6) is -0.0423. The molecule has 1 amide bonds. The zero-order valence-corrected chi connectivity index (χ0v) is 17.0. The van der Waals surface area contributed by atoms with E-state index in [0.29, 0.717) is 6.42 Å². The fraction of sp³-hybridized carbons (Fsp3) is 0.0952. The molecule has 6 heteroatoms. The number of fused-ring (bicyclic) bond motifs is 1. The smallest absolute Gasteiger partial charge is 0.228 e. The van der Waals surface area contributed by atoms with Crippen LogP contribution in [0.5, 0.6) is 0 Å². The highest BCUT2D eigenvalue weighted by atomic mass is 79.9. The van der Waals surface area contributed by atoms with E-state index < -0.39 is 0 Å². The van der Waals surface area contributed by atoms with E-state index in [4.69, 9.17) is 0 Å². The predicted octanol–water partition coefficient (Wildman–Crippen LogP) is 5.61. The molecular formula is C21H16BrN3OS. The van der Waals surface area contributed by atoms with Gasteiger partial charge in [-0.3, -0.25) is 4.79 Å². The molecular weight excluding hydrogens is 422 g/mol. The van der Waals surface area contributed by atoms with E-state index >= 15 is 0 Å². The fourth-order valence-corrected chi connectivity index (χ4v) is 4.35. The Balaban J connectivity index is 1.59. The van der Waals surface area contributed by atoms with Gasteiger partial charge in [0.1, 0.15) is 15.4 Å². The van der Waals surface area contributed by atoms with Crippen LogP contribution in [0.25, 0.3) is 20.9 Å². The Morgan fingerprint density at radius 1 is 1.15 bits per heavy atom. The van der Waals surface area contributed by atoms with Gasteiger partial charge < -0.3 is 5.32 Å². The third-order valence-electron chi connectivity index (χ3n) is 4.26. The van der Waals surface area contributed by atoms with Crippen molar-refractivity contribution < 1.29 is 4.79 Å². The van der Waals surface area contributed by atoms with Gasteiger partial charge in [0.2, 0.25) is 5.91 Å². The van der Waals surface area contributed by atoms with Crippen LogP contribution in [0.3, 0.4) is 0 Å². The molecule has 1 N–H and O–H groups in total. The van der Waals surface area contributed by atoms with Crippen LogP contribution in [-0.2, 0) is 11.2 Å². The van der Waals surface area contributed by atoms with Crippen LogP contribution >= 0.6 is 27.3 Å². The Kier molecular flexibility index (Phi) is 5.01. The predicted molar refractivity (Wildman–Crippen MR) is 114 cm³/mol. The van der Waals surface area contributed by atoms with E-state index in [1.165, 1.54) is 0 Å². The highest BCUT2D eigenvalue weighted by molar-refractivity contribution is 9.10. The van der Waals surface area contributed by atoms with Crippen molar-refractivity contribution in [3.8, 4) is 10.6 Å². The number of nitrogens with one attached hydrogen (secondary N) is 1. The number of hydrogen-bond donors (Lipinski definition) is 1. The van der Waals surface area contributed by atoms with Crippen molar-refractivity contribution in [3.63, 3.8) is 0 Å². The van der Waals surface area contributed by atoms with Crippen molar-refractivity contribution in [1.82, 2.24) is 9.97 Å². The Bertz CT molecular complexity index is 1110. The second kappa shape index (κ2) is 7.58. The summed E-state index contributed by atoms with van der Waals surface area (Å²) >= 11 is 4.99. The van der Waals surface area contributed by atoms with E-state index in [-0.39, 0.29) is 5.91 Å². The van der Waals surface area contributed by atoms with Crippen LogP contribution in [0.4, 0.5) is 5.69 Å². The number of aromatic nitrogens is 2. The van der Waals surface area contributed by atoms with E-state index in [1.54, 1.807) is 17.5 Å². The van der Waals surface area contributed by atoms with Crippen LogP contribution < -0.4 is 5.32 Å². The van der Waals surface area contributed by atoms with Gasteiger partial charge in [-0.05, 0) is 48.4 Å². The Morgan fingerprint density at radius 3 is 2.81 bits per heavy atom. The molecule has 0 aliphatic carbocycles. The van der Waals surface area contributed by atoms with Gasteiger partial charge in [-0.25, -0.2) is 9.97 Å². The molecule has 0 aliphatic rings. The number of rotatable bonds is 4. The largest absolute Gasteiger partial charge is 0.326 e. The van der Waals surface area contributed by atoms with Crippen molar-refractivity contribution >= 4 is 49.2 Å². The summed E-state index contributed by atoms with van der Waals surface area (Å²) in [6, 6.07) is 17.5. The molecule has 4 rings (SSSR count). The molecule has 0 saturated heterocycles. The number of amides is 1. The van der Waals surface area contributed by atoms with Gasteiger partial charge in [0.25, 0.3) is 0 Å². The third kappa shape index (κ3) is 3.91. The van der Waals surface area contributed by atoms with Crippen molar-refractivity contribution in [2.45, 2.75) is 13.3 Å². The molecule has 0 spiro atoms. The lowest BCUT2D eigenvalue weighted by molar-refractivity contribution is -0.115. The second-order valence-electron chi connectivity index (χ2n) is 6.18. The second-order valence-corrected chi connectivity index (χ2v) is 8.07. The molecule has 0 unspecified atom stereocenters. The summed E-state index contributed by atoms with van der Waals surface area (Å²) in [5, 5.41) is 3.94. The summed E-state index contributed by atoms with van der Waals surface area (Å²) in [5.41, 5.74) is 4.67. The Labute approximate surface area is 169 Å². The zero-order chi connectivity index (χ0) is 18.8. The van der Waals surface area contributed by atoms with Crippen molar-refractivity contribution in [2.24, 2.45) is 0 Å². The third-order valence-corrected chi connectivity index (χ3v) is 5.76. The number of halogens is 1. The minimum atomic E-state index is -0.0423. The number of carbonyl (C=O) groups excluding carboxylic acids is 1. The number of pyridine rings is 1. The number of nitrogens with zero attached hydrogens (tertiary/aromatic N) is 2. The summed E-state index contributed by atoms with van der Waals surface area (Å²) < 4.78 is 0.968. The number of anilines is 1. The van der Waals surface area contributed by atoms with Gasteiger partial charge in [-0.15, -0.1) is 0 Å². The number of carbonyl (C=O) groups is 1. The fourth-order valence-electron chi connectivity index (χ4n) is 2.91. The average molecular weight is 438 g/mol. The summed E-state index contributed by atoms with van der Waals surface area (Å²) in [6.45, 7) is 2.00. The molecule has 2 heterocycles. The van der Waals surface area contributed by atoms with Gasteiger partial charge >= 0.3 is 0 Å². The first-order valence-electron chi connectivity index (χ1n) is 8.46. The van der Waals surface area contributed by atoms with Crippen molar-refractivity contribution in [3.05, 3.63) is 76.4 Å².